The lowest BCUT2D eigenvalue weighted by atomic mass is 10.2. The van der Waals surface area contributed by atoms with Crippen LogP contribution in [0.3, 0.4) is 0 Å². The zero-order chi connectivity index (χ0) is 15.7. The van der Waals surface area contributed by atoms with Crippen molar-refractivity contribution in [3.05, 3.63) is 23.2 Å². The Bertz CT molecular complexity index is 513. The van der Waals surface area contributed by atoms with Gasteiger partial charge in [0.15, 0.2) is 0 Å². The van der Waals surface area contributed by atoms with Crippen molar-refractivity contribution >= 4 is 28.9 Å². The van der Waals surface area contributed by atoms with Crippen LogP contribution in [0, 0.1) is 11.3 Å². The van der Waals surface area contributed by atoms with Gasteiger partial charge >= 0.3 is 0 Å². The first kappa shape index (κ1) is 17.3. The Morgan fingerprint density at radius 2 is 2.24 bits per heavy atom. The highest BCUT2D eigenvalue weighted by atomic mass is 35.5. The van der Waals surface area contributed by atoms with Crippen LogP contribution in [-0.2, 0) is 4.79 Å². The summed E-state index contributed by atoms with van der Waals surface area (Å²) in [4.78, 5) is 14.0. The molecule has 5 nitrogen and oxygen atoms in total. The van der Waals surface area contributed by atoms with Gasteiger partial charge in [-0.3, -0.25) is 4.79 Å². The van der Waals surface area contributed by atoms with E-state index in [2.05, 4.69) is 16.3 Å². The number of nitriles is 1. The lowest BCUT2D eigenvalue weighted by molar-refractivity contribution is -0.116. The molecule has 0 radical (unpaired) electrons. The normalized spacial score (nSPS) is 10.4. The maximum Gasteiger partial charge on any atom is 0.224 e. The van der Waals surface area contributed by atoms with Crippen molar-refractivity contribution in [2.45, 2.75) is 26.2 Å². The number of benzene rings is 1. The fourth-order valence-corrected chi connectivity index (χ4v) is 2.14. The SMILES string of the molecule is CCN(CCC#N)CCCC(=O)Nc1ccc(Cl)cc1N. The number of carbonyl (C=O) groups is 1. The fraction of sp³-hybridized carbons (Fsp3) is 0.467. The molecule has 0 saturated heterocycles. The van der Waals surface area contributed by atoms with E-state index in [1.807, 2.05) is 6.92 Å². The zero-order valence-electron chi connectivity index (χ0n) is 12.2. The molecule has 1 amide bonds. The highest BCUT2D eigenvalue weighted by Gasteiger charge is 2.07. The number of nitrogens with two attached hydrogens (primary N) is 1. The number of carbonyl (C=O) groups excluding carboxylic acids is 1. The third kappa shape index (κ3) is 6.48. The van der Waals surface area contributed by atoms with E-state index in [0.29, 0.717) is 29.2 Å². The highest BCUT2D eigenvalue weighted by molar-refractivity contribution is 6.31. The predicted molar refractivity (Wildman–Crippen MR) is 86.1 cm³/mol. The highest BCUT2D eigenvalue weighted by Crippen LogP contribution is 2.22. The van der Waals surface area contributed by atoms with Gasteiger partial charge in [-0.25, -0.2) is 0 Å². The van der Waals surface area contributed by atoms with Crippen LogP contribution in [0.2, 0.25) is 5.02 Å². The summed E-state index contributed by atoms with van der Waals surface area (Å²) in [6, 6.07) is 7.12. The van der Waals surface area contributed by atoms with Gasteiger partial charge in [0.05, 0.1) is 17.4 Å². The van der Waals surface area contributed by atoms with Crippen LogP contribution in [0.5, 0.6) is 0 Å². The smallest absolute Gasteiger partial charge is 0.224 e. The Morgan fingerprint density at radius 3 is 2.86 bits per heavy atom. The average molecular weight is 309 g/mol. The van der Waals surface area contributed by atoms with Crippen LogP contribution in [0.15, 0.2) is 18.2 Å². The van der Waals surface area contributed by atoms with Crippen molar-refractivity contribution in [2.75, 3.05) is 30.7 Å². The number of hydrogen-bond donors (Lipinski definition) is 2. The Kier molecular flexibility index (Phi) is 7.59. The third-order valence-corrected chi connectivity index (χ3v) is 3.39. The molecule has 6 heteroatoms. The van der Waals surface area contributed by atoms with Gasteiger partial charge in [-0.2, -0.15) is 5.26 Å². The second-order valence-corrected chi connectivity index (χ2v) is 5.16. The number of nitrogens with one attached hydrogen (secondary N) is 1. The molecule has 0 aliphatic rings. The van der Waals surface area contributed by atoms with Crippen molar-refractivity contribution in [2.24, 2.45) is 0 Å². The number of halogens is 1. The molecule has 3 N–H and O–H groups in total. The number of anilines is 2. The number of amides is 1. The van der Waals surface area contributed by atoms with Crippen LogP contribution in [0.1, 0.15) is 26.2 Å². The summed E-state index contributed by atoms with van der Waals surface area (Å²) < 4.78 is 0. The van der Waals surface area contributed by atoms with E-state index in [-0.39, 0.29) is 5.91 Å². The number of nitrogen functional groups attached to an aromatic ring is 1. The van der Waals surface area contributed by atoms with Gasteiger partial charge < -0.3 is 16.0 Å². The summed E-state index contributed by atoms with van der Waals surface area (Å²) in [7, 11) is 0. The molecule has 114 valence electrons. The molecular formula is C15H21ClN4O. The van der Waals surface area contributed by atoms with Gasteiger partial charge in [-0.05, 0) is 37.7 Å². The first-order valence-electron chi connectivity index (χ1n) is 7.01. The molecule has 0 atom stereocenters. The Balaban J connectivity index is 2.35. The van der Waals surface area contributed by atoms with E-state index in [0.717, 1.165) is 26.1 Å². The fourth-order valence-electron chi connectivity index (χ4n) is 1.96. The van der Waals surface area contributed by atoms with Crippen LogP contribution >= 0.6 is 11.6 Å². The van der Waals surface area contributed by atoms with Crippen LogP contribution in [-0.4, -0.2) is 30.4 Å². The van der Waals surface area contributed by atoms with Crippen molar-refractivity contribution in [1.82, 2.24) is 4.90 Å². The monoisotopic (exact) mass is 308 g/mol. The van der Waals surface area contributed by atoms with E-state index < -0.39 is 0 Å². The molecule has 0 fully saturated rings. The number of nitrogens with zero attached hydrogens (tertiary/aromatic N) is 2. The predicted octanol–water partition coefficient (Wildman–Crippen LogP) is 2.88. The van der Waals surface area contributed by atoms with Crippen molar-refractivity contribution in [3.8, 4) is 6.07 Å². The molecule has 1 aromatic rings. The summed E-state index contributed by atoms with van der Waals surface area (Å²) >= 11 is 5.81. The van der Waals surface area contributed by atoms with Crippen molar-refractivity contribution in [1.29, 1.82) is 5.26 Å². The summed E-state index contributed by atoms with van der Waals surface area (Å²) in [6.45, 7) is 4.49. The molecule has 1 aromatic carbocycles. The quantitative estimate of drug-likeness (QED) is 0.723. The largest absolute Gasteiger partial charge is 0.397 e. The Hall–Kier alpha value is -1.77. The molecule has 1 rings (SSSR count). The van der Waals surface area contributed by atoms with Gasteiger partial charge in [0.2, 0.25) is 5.91 Å². The Labute approximate surface area is 130 Å². The average Bonchev–Trinajstić information content (AvgIpc) is 2.45. The topological polar surface area (TPSA) is 82.2 Å². The van der Waals surface area contributed by atoms with Gasteiger partial charge in [0.25, 0.3) is 0 Å². The molecule has 0 aliphatic heterocycles. The summed E-state index contributed by atoms with van der Waals surface area (Å²) in [5, 5.41) is 11.9. The minimum Gasteiger partial charge on any atom is -0.397 e. The maximum absolute atomic E-state index is 11.9. The van der Waals surface area contributed by atoms with Crippen LogP contribution in [0.25, 0.3) is 0 Å². The van der Waals surface area contributed by atoms with E-state index in [1.54, 1.807) is 18.2 Å². The van der Waals surface area contributed by atoms with Gasteiger partial charge in [-0.1, -0.05) is 18.5 Å². The lowest BCUT2D eigenvalue weighted by Gasteiger charge is -2.18. The minimum absolute atomic E-state index is 0.0691. The van der Waals surface area contributed by atoms with Gasteiger partial charge in [0.1, 0.15) is 0 Å². The molecule has 0 unspecified atom stereocenters. The van der Waals surface area contributed by atoms with Crippen LogP contribution in [0.4, 0.5) is 11.4 Å². The second-order valence-electron chi connectivity index (χ2n) is 4.73. The molecule has 0 bridgehead atoms. The molecule has 0 aliphatic carbocycles. The third-order valence-electron chi connectivity index (χ3n) is 3.15. The standard InChI is InChI=1S/C15H21ClN4O/c1-2-20(10-4-8-17)9-3-5-15(21)19-14-7-6-12(16)11-13(14)18/h6-7,11H,2-5,9-10,18H2,1H3,(H,19,21). The van der Waals surface area contributed by atoms with Crippen LogP contribution < -0.4 is 11.1 Å². The summed E-state index contributed by atoms with van der Waals surface area (Å²) in [5.74, 6) is -0.0691. The summed E-state index contributed by atoms with van der Waals surface area (Å²) in [5.41, 5.74) is 6.83. The molecule has 21 heavy (non-hydrogen) atoms. The van der Waals surface area contributed by atoms with E-state index in [9.17, 15) is 4.79 Å². The van der Waals surface area contributed by atoms with Crippen molar-refractivity contribution < 1.29 is 4.79 Å². The molecule has 0 aromatic heterocycles. The lowest BCUT2D eigenvalue weighted by Crippen LogP contribution is -2.26. The summed E-state index contributed by atoms with van der Waals surface area (Å²) in [6.07, 6.45) is 1.69. The second kappa shape index (κ2) is 9.22. The van der Waals surface area contributed by atoms with Crippen molar-refractivity contribution in [3.63, 3.8) is 0 Å². The Morgan fingerprint density at radius 1 is 1.48 bits per heavy atom. The van der Waals surface area contributed by atoms with Gasteiger partial charge in [0, 0.05) is 24.4 Å². The van der Waals surface area contributed by atoms with E-state index >= 15 is 0 Å². The van der Waals surface area contributed by atoms with E-state index in [1.165, 1.54) is 0 Å². The van der Waals surface area contributed by atoms with E-state index in [4.69, 9.17) is 22.6 Å². The maximum atomic E-state index is 11.9. The first-order valence-corrected chi connectivity index (χ1v) is 7.38. The first-order chi connectivity index (χ1) is 10.1. The molecule has 0 saturated carbocycles. The van der Waals surface area contributed by atoms with Gasteiger partial charge in [-0.15, -0.1) is 0 Å². The molecule has 0 spiro atoms. The minimum atomic E-state index is -0.0691. The molecule has 0 heterocycles. The zero-order valence-corrected chi connectivity index (χ0v) is 13.0. The molecular weight excluding hydrogens is 288 g/mol. The number of rotatable bonds is 8. The number of hydrogen-bond acceptors (Lipinski definition) is 4.